The van der Waals surface area contributed by atoms with E-state index in [9.17, 15) is 0 Å². The molecule has 0 spiro atoms. The maximum Gasteiger partial charge on any atom is 0.243 e. The number of hydrogen-bond acceptors (Lipinski definition) is 1. The zero-order valence-electron chi connectivity index (χ0n) is 10.7. The number of rotatable bonds is 8. The highest BCUT2D eigenvalue weighted by molar-refractivity contribution is 4.66. The fourth-order valence-electron chi connectivity index (χ4n) is 1.77. The number of aryl methyl sites for hydroxylation is 2. The van der Waals surface area contributed by atoms with Gasteiger partial charge in [-0.05, 0) is 19.3 Å². The van der Waals surface area contributed by atoms with Crippen LogP contribution in [0.25, 0.3) is 0 Å². The first-order valence-electron chi connectivity index (χ1n) is 6.41. The highest BCUT2D eigenvalue weighted by Crippen LogP contribution is 2.01. The van der Waals surface area contributed by atoms with Crippen molar-refractivity contribution in [3.05, 3.63) is 18.7 Å². The van der Waals surface area contributed by atoms with Crippen molar-refractivity contribution in [1.82, 2.24) is 4.57 Å². The molecule has 1 N–H and O–H groups in total. The van der Waals surface area contributed by atoms with Crippen molar-refractivity contribution in [1.29, 1.82) is 0 Å². The Morgan fingerprint density at radius 1 is 1.00 bits per heavy atom. The Bertz CT molecular complexity index is 258. The summed E-state index contributed by atoms with van der Waals surface area (Å²) in [5.74, 6) is 0. The summed E-state index contributed by atoms with van der Waals surface area (Å²) in [5.41, 5.74) is 0. The number of aromatic nitrogens is 2. The lowest BCUT2D eigenvalue weighted by atomic mass is 10.2. The zero-order chi connectivity index (χ0) is 10.9. The molecule has 0 aliphatic heterocycles. The van der Waals surface area contributed by atoms with Crippen LogP contribution in [0.2, 0.25) is 0 Å². The Balaban J connectivity index is 0.00000225. The molecule has 0 amide bonds. The fourth-order valence-corrected chi connectivity index (χ4v) is 1.77. The van der Waals surface area contributed by atoms with E-state index in [4.69, 9.17) is 0 Å². The Morgan fingerprint density at radius 3 is 2.44 bits per heavy atom. The molecule has 1 aromatic heterocycles. The number of hydrogen-bond donors (Lipinski definition) is 0. The van der Waals surface area contributed by atoms with Crippen molar-refractivity contribution in [3.63, 3.8) is 0 Å². The van der Waals surface area contributed by atoms with Gasteiger partial charge in [0.2, 0.25) is 6.33 Å². The van der Waals surface area contributed by atoms with Crippen LogP contribution >= 0.6 is 0 Å². The summed E-state index contributed by atoms with van der Waals surface area (Å²) in [6.45, 7) is 6.84. The summed E-state index contributed by atoms with van der Waals surface area (Å²) in [6.07, 6.45) is 14.6. The molecule has 0 aliphatic rings. The second-order valence-electron chi connectivity index (χ2n) is 4.30. The third-order valence-corrected chi connectivity index (χ3v) is 2.79. The average molecular weight is 226 g/mol. The molecular formula is C13H26N2O. The van der Waals surface area contributed by atoms with Gasteiger partial charge in [-0.3, -0.25) is 0 Å². The summed E-state index contributed by atoms with van der Waals surface area (Å²) < 4.78 is 4.61. The zero-order valence-corrected chi connectivity index (χ0v) is 10.7. The molecule has 0 saturated carbocycles. The van der Waals surface area contributed by atoms with E-state index in [-0.39, 0.29) is 5.48 Å². The summed E-state index contributed by atoms with van der Waals surface area (Å²) in [6, 6.07) is 0. The molecule has 16 heavy (non-hydrogen) atoms. The van der Waals surface area contributed by atoms with Crippen molar-refractivity contribution >= 4 is 0 Å². The lowest BCUT2D eigenvalue weighted by Gasteiger charge is -1.96. The first-order chi connectivity index (χ1) is 7.36. The molecule has 1 rings (SSSR count). The molecule has 0 fully saturated rings. The van der Waals surface area contributed by atoms with Crippen molar-refractivity contribution in [2.75, 3.05) is 0 Å². The van der Waals surface area contributed by atoms with E-state index >= 15 is 0 Å². The van der Waals surface area contributed by atoms with Gasteiger partial charge < -0.3 is 5.48 Å². The average Bonchev–Trinajstić information content (AvgIpc) is 2.69. The quantitative estimate of drug-likeness (QED) is 0.496. The van der Waals surface area contributed by atoms with E-state index in [0.29, 0.717) is 0 Å². The van der Waals surface area contributed by atoms with Crippen LogP contribution in [0, 0.1) is 0 Å². The third-order valence-electron chi connectivity index (χ3n) is 2.79. The summed E-state index contributed by atoms with van der Waals surface area (Å²) >= 11 is 0. The molecule has 94 valence electrons. The van der Waals surface area contributed by atoms with Gasteiger partial charge in [-0.2, -0.15) is 0 Å². The normalized spacial score (nSPS) is 10.1. The fraction of sp³-hybridized carbons (Fsp3) is 0.769. The van der Waals surface area contributed by atoms with Crippen molar-refractivity contribution < 1.29 is 10.0 Å². The first kappa shape index (κ1) is 15.2. The van der Waals surface area contributed by atoms with Gasteiger partial charge in [0.25, 0.3) is 0 Å². The van der Waals surface area contributed by atoms with E-state index in [1.165, 1.54) is 51.6 Å². The summed E-state index contributed by atoms with van der Waals surface area (Å²) in [7, 11) is 0. The van der Waals surface area contributed by atoms with Crippen LogP contribution in [0.1, 0.15) is 52.4 Å². The smallest absolute Gasteiger partial charge is 0.243 e. The monoisotopic (exact) mass is 226 g/mol. The largest absolute Gasteiger partial charge is 0.870 e. The maximum absolute atomic E-state index is 2.31. The topological polar surface area (TPSA) is 38.8 Å². The minimum absolute atomic E-state index is 0. The van der Waals surface area contributed by atoms with E-state index in [0.717, 1.165) is 0 Å². The van der Waals surface area contributed by atoms with Gasteiger partial charge in [-0.25, -0.2) is 9.13 Å². The number of nitrogens with zero attached hydrogens (tertiary/aromatic N) is 2. The van der Waals surface area contributed by atoms with Crippen molar-refractivity contribution in [2.45, 2.75) is 65.5 Å². The second-order valence-corrected chi connectivity index (χ2v) is 4.30. The molecule has 3 nitrogen and oxygen atoms in total. The van der Waals surface area contributed by atoms with Gasteiger partial charge in [0.1, 0.15) is 12.4 Å². The molecular weight excluding hydrogens is 200 g/mol. The van der Waals surface area contributed by atoms with Gasteiger partial charge in [-0.15, -0.1) is 0 Å². The molecule has 0 unspecified atom stereocenters. The third kappa shape index (κ3) is 5.91. The highest BCUT2D eigenvalue weighted by Gasteiger charge is 2.02. The van der Waals surface area contributed by atoms with Gasteiger partial charge in [0.15, 0.2) is 0 Å². The van der Waals surface area contributed by atoms with Gasteiger partial charge in [0.05, 0.1) is 13.1 Å². The minimum Gasteiger partial charge on any atom is -0.870 e. The molecule has 1 heterocycles. The highest BCUT2D eigenvalue weighted by atomic mass is 16.0. The van der Waals surface area contributed by atoms with Crippen LogP contribution in [0.3, 0.4) is 0 Å². The van der Waals surface area contributed by atoms with Crippen LogP contribution in [0.4, 0.5) is 0 Å². The predicted octanol–water partition coefficient (Wildman–Crippen LogP) is 2.98. The Labute approximate surface area is 99.4 Å². The van der Waals surface area contributed by atoms with E-state index in [1.54, 1.807) is 0 Å². The molecule has 0 aliphatic carbocycles. The lowest BCUT2D eigenvalue weighted by molar-refractivity contribution is -0.696. The van der Waals surface area contributed by atoms with Crippen LogP contribution in [0.15, 0.2) is 18.7 Å². The van der Waals surface area contributed by atoms with Crippen molar-refractivity contribution in [3.8, 4) is 0 Å². The van der Waals surface area contributed by atoms with Gasteiger partial charge in [0, 0.05) is 0 Å². The molecule has 0 saturated heterocycles. The molecule has 0 bridgehead atoms. The molecule has 0 radical (unpaired) electrons. The van der Waals surface area contributed by atoms with Crippen molar-refractivity contribution in [2.24, 2.45) is 0 Å². The van der Waals surface area contributed by atoms with E-state index in [1.807, 2.05) is 0 Å². The number of imidazole rings is 1. The molecule has 0 aromatic carbocycles. The predicted molar refractivity (Wildman–Crippen MR) is 65.6 cm³/mol. The van der Waals surface area contributed by atoms with Crippen LogP contribution in [-0.2, 0) is 13.1 Å². The molecule has 3 heteroatoms. The molecule has 1 aromatic rings. The van der Waals surface area contributed by atoms with Gasteiger partial charge in [-0.1, -0.05) is 33.1 Å². The minimum atomic E-state index is 0. The molecule has 0 atom stereocenters. The van der Waals surface area contributed by atoms with Crippen LogP contribution in [-0.4, -0.2) is 10.0 Å². The van der Waals surface area contributed by atoms with Crippen LogP contribution in [0.5, 0.6) is 0 Å². The lowest BCUT2D eigenvalue weighted by Crippen LogP contribution is -2.30. The maximum atomic E-state index is 2.31. The standard InChI is InChI=1S/C13H25N2.H2O/c1-3-5-7-8-10-15-12-11-14(13-15)9-6-4-2;/h11-13H,3-10H2,1-2H3;1H2/q+1;/p-1. The Kier molecular flexibility index (Phi) is 8.91. The SMILES string of the molecule is CCCCCCn1cc[n+](CCCC)c1.[OH-]. The second kappa shape index (κ2) is 9.40. The Morgan fingerprint density at radius 2 is 1.75 bits per heavy atom. The van der Waals surface area contributed by atoms with Crippen LogP contribution < -0.4 is 4.57 Å². The Hall–Kier alpha value is -0.830. The first-order valence-corrected chi connectivity index (χ1v) is 6.41. The number of unbranched alkanes of at least 4 members (excludes halogenated alkanes) is 4. The summed E-state index contributed by atoms with van der Waals surface area (Å²) in [5, 5.41) is 0. The summed E-state index contributed by atoms with van der Waals surface area (Å²) in [4.78, 5) is 0. The van der Waals surface area contributed by atoms with Gasteiger partial charge >= 0.3 is 0 Å². The van der Waals surface area contributed by atoms with E-state index < -0.39 is 0 Å². The van der Waals surface area contributed by atoms with E-state index in [2.05, 4.69) is 41.7 Å².